The lowest BCUT2D eigenvalue weighted by molar-refractivity contribution is 0.0938. The maximum atomic E-state index is 12.8. The molecule has 1 N–H and O–H groups in total. The standard InChI is InChI=1S/C18H24N4O4S/c1-11-16-14(18(23)19-6-7-26-2)9-15(12-3-4-12)20-17(16)22(21-11)13-5-8-27(24,25)10-13/h9,12-13H,3-8,10H2,1-2H3,(H,19,23)/t13-/m0/s1. The van der Waals surface area contributed by atoms with Gasteiger partial charge in [0.25, 0.3) is 5.91 Å². The third kappa shape index (κ3) is 3.58. The van der Waals surface area contributed by atoms with Crippen LogP contribution < -0.4 is 5.32 Å². The van der Waals surface area contributed by atoms with Gasteiger partial charge in [-0.1, -0.05) is 0 Å². The molecule has 1 aliphatic carbocycles. The smallest absolute Gasteiger partial charge is 0.252 e. The number of ether oxygens (including phenoxy) is 1. The predicted octanol–water partition coefficient (Wildman–Crippen LogP) is 1.35. The van der Waals surface area contributed by atoms with Crippen LogP contribution in [0.15, 0.2) is 6.07 Å². The van der Waals surface area contributed by atoms with Gasteiger partial charge in [0.2, 0.25) is 0 Å². The topological polar surface area (TPSA) is 103 Å². The average molecular weight is 392 g/mol. The minimum Gasteiger partial charge on any atom is -0.383 e. The lowest BCUT2D eigenvalue weighted by atomic mass is 10.1. The van der Waals surface area contributed by atoms with Gasteiger partial charge in [0, 0.05) is 25.3 Å². The molecule has 1 saturated heterocycles. The number of nitrogens with one attached hydrogen (secondary N) is 1. The largest absolute Gasteiger partial charge is 0.383 e. The van der Waals surface area contributed by atoms with Gasteiger partial charge < -0.3 is 10.1 Å². The van der Waals surface area contributed by atoms with E-state index in [2.05, 4.69) is 10.4 Å². The Bertz CT molecular complexity index is 994. The molecule has 1 atom stereocenters. The van der Waals surface area contributed by atoms with Crippen molar-refractivity contribution in [1.29, 1.82) is 0 Å². The number of carbonyl (C=O) groups is 1. The van der Waals surface area contributed by atoms with E-state index in [1.807, 2.05) is 13.0 Å². The molecule has 0 spiro atoms. The summed E-state index contributed by atoms with van der Waals surface area (Å²) in [6.45, 7) is 2.70. The van der Waals surface area contributed by atoms with Crippen LogP contribution in [0.2, 0.25) is 0 Å². The Kier molecular flexibility index (Phi) is 4.67. The number of hydrogen-bond donors (Lipinski definition) is 1. The molecule has 1 saturated carbocycles. The molecule has 0 unspecified atom stereocenters. The first kappa shape index (κ1) is 18.4. The molecule has 146 valence electrons. The van der Waals surface area contributed by atoms with E-state index in [-0.39, 0.29) is 23.5 Å². The second-order valence-corrected chi connectivity index (χ2v) is 9.63. The first-order valence-electron chi connectivity index (χ1n) is 9.27. The normalized spacial score (nSPS) is 21.6. The highest BCUT2D eigenvalue weighted by Crippen LogP contribution is 2.41. The summed E-state index contributed by atoms with van der Waals surface area (Å²) in [7, 11) is -1.45. The average Bonchev–Trinajstić information content (AvgIpc) is 3.34. The van der Waals surface area contributed by atoms with Crippen LogP contribution in [0.5, 0.6) is 0 Å². The van der Waals surface area contributed by atoms with Crippen LogP contribution >= 0.6 is 0 Å². The maximum Gasteiger partial charge on any atom is 0.252 e. The van der Waals surface area contributed by atoms with E-state index in [0.29, 0.717) is 47.8 Å². The number of sulfone groups is 1. The minimum absolute atomic E-state index is 0.0773. The molecule has 0 radical (unpaired) electrons. The monoisotopic (exact) mass is 392 g/mol. The molecular formula is C18H24N4O4S. The van der Waals surface area contributed by atoms with Crippen LogP contribution in [0.25, 0.3) is 11.0 Å². The maximum absolute atomic E-state index is 12.8. The zero-order valence-corrected chi connectivity index (χ0v) is 16.4. The summed E-state index contributed by atoms with van der Waals surface area (Å²) in [4.78, 5) is 17.6. The van der Waals surface area contributed by atoms with Crippen molar-refractivity contribution in [2.24, 2.45) is 0 Å². The molecule has 2 fully saturated rings. The van der Waals surface area contributed by atoms with Gasteiger partial charge in [0.05, 0.1) is 40.8 Å². The van der Waals surface area contributed by atoms with Gasteiger partial charge in [0.1, 0.15) is 0 Å². The molecule has 8 nitrogen and oxygen atoms in total. The zero-order chi connectivity index (χ0) is 19.2. The van der Waals surface area contributed by atoms with E-state index in [1.165, 1.54) is 0 Å². The second-order valence-electron chi connectivity index (χ2n) is 7.40. The number of rotatable bonds is 6. The van der Waals surface area contributed by atoms with E-state index in [4.69, 9.17) is 9.72 Å². The highest BCUT2D eigenvalue weighted by Gasteiger charge is 2.33. The van der Waals surface area contributed by atoms with Crippen LogP contribution in [-0.2, 0) is 14.6 Å². The molecule has 3 heterocycles. The van der Waals surface area contributed by atoms with Gasteiger partial charge in [-0.2, -0.15) is 5.10 Å². The Balaban J connectivity index is 1.79. The SMILES string of the molecule is COCCNC(=O)c1cc(C2CC2)nc2c1c(C)nn2[C@H]1CCS(=O)(=O)C1. The number of aryl methyl sites for hydroxylation is 1. The van der Waals surface area contributed by atoms with Crippen molar-refractivity contribution in [3.63, 3.8) is 0 Å². The van der Waals surface area contributed by atoms with E-state index >= 15 is 0 Å². The van der Waals surface area contributed by atoms with E-state index in [9.17, 15) is 13.2 Å². The summed E-state index contributed by atoms with van der Waals surface area (Å²) in [6.07, 6.45) is 2.66. The number of nitrogens with zero attached hydrogens (tertiary/aromatic N) is 3. The molecule has 1 aliphatic heterocycles. The summed E-state index contributed by atoms with van der Waals surface area (Å²) in [5.41, 5.74) is 2.76. The van der Waals surface area contributed by atoms with Gasteiger partial charge >= 0.3 is 0 Å². The van der Waals surface area contributed by atoms with Crippen LogP contribution in [0, 0.1) is 6.92 Å². The highest BCUT2D eigenvalue weighted by molar-refractivity contribution is 7.91. The van der Waals surface area contributed by atoms with E-state index in [1.54, 1.807) is 11.8 Å². The van der Waals surface area contributed by atoms with Crippen LogP contribution in [0.3, 0.4) is 0 Å². The number of amides is 1. The number of hydrogen-bond acceptors (Lipinski definition) is 6. The first-order valence-corrected chi connectivity index (χ1v) is 11.1. The van der Waals surface area contributed by atoms with E-state index < -0.39 is 9.84 Å². The van der Waals surface area contributed by atoms with Crippen molar-refractivity contribution in [1.82, 2.24) is 20.1 Å². The predicted molar refractivity (Wildman–Crippen MR) is 101 cm³/mol. The third-order valence-electron chi connectivity index (χ3n) is 5.24. The van der Waals surface area contributed by atoms with Crippen molar-refractivity contribution in [3.05, 3.63) is 23.0 Å². The van der Waals surface area contributed by atoms with Crippen LogP contribution in [-0.4, -0.2) is 60.9 Å². The van der Waals surface area contributed by atoms with Gasteiger partial charge in [-0.25, -0.2) is 18.1 Å². The van der Waals surface area contributed by atoms with Crippen molar-refractivity contribution >= 4 is 26.8 Å². The van der Waals surface area contributed by atoms with Crippen molar-refractivity contribution < 1.29 is 17.9 Å². The molecule has 2 aromatic rings. The van der Waals surface area contributed by atoms with Crippen molar-refractivity contribution in [2.75, 3.05) is 31.8 Å². The molecule has 9 heteroatoms. The molecule has 0 bridgehead atoms. The zero-order valence-electron chi connectivity index (χ0n) is 15.6. The summed E-state index contributed by atoms with van der Waals surface area (Å²) >= 11 is 0. The Labute approximate surface area is 158 Å². The first-order chi connectivity index (χ1) is 12.9. The summed E-state index contributed by atoms with van der Waals surface area (Å²) in [6, 6.07) is 1.64. The summed E-state index contributed by atoms with van der Waals surface area (Å²) in [5, 5.41) is 8.16. The Hall–Kier alpha value is -2.00. The fourth-order valence-electron chi connectivity index (χ4n) is 3.68. The Morgan fingerprint density at radius 1 is 1.37 bits per heavy atom. The molecule has 2 aromatic heterocycles. The quantitative estimate of drug-likeness (QED) is 0.745. The van der Waals surface area contributed by atoms with Crippen LogP contribution in [0.1, 0.15) is 53.0 Å². The molecule has 0 aromatic carbocycles. The molecule has 2 aliphatic rings. The molecule has 1 amide bonds. The minimum atomic E-state index is -3.04. The summed E-state index contributed by atoms with van der Waals surface area (Å²) < 4.78 is 30.6. The van der Waals surface area contributed by atoms with Gasteiger partial charge in [-0.15, -0.1) is 0 Å². The second kappa shape index (κ2) is 6.87. The van der Waals surface area contributed by atoms with Crippen LogP contribution in [0.4, 0.5) is 0 Å². The van der Waals surface area contributed by atoms with Gasteiger partial charge in [0.15, 0.2) is 15.5 Å². The van der Waals surface area contributed by atoms with E-state index in [0.717, 1.165) is 18.5 Å². The van der Waals surface area contributed by atoms with Crippen molar-refractivity contribution in [2.45, 2.75) is 38.1 Å². The van der Waals surface area contributed by atoms with Gasteiger partial charge in [-0.05, 0) is 32.3 Å². The van der Waals surface area contributed by atoms with Crippen molar-refractivity contribution in [3.8, 4) is 0 Å². The third-order valence-corrected chi connectivity index (χ3v) is 6.99. The number of methoxy groups -OCH3 is 1. The molecule has 27 heavy (non-hydrogen) atoms. The Morgan fingerprint density at radius 3 is 2.78 bits per heavy atom. The highest BCUT2D eigenvalue weighted by atomic mass is 32.2. The fourth-order valence-corrected chi connectivity index (χ4v) is 5.38. The van der Waals surface area contributed by atoms with Gasteiger partial charge in [-0.3, -0.25) is 4.79 Å². The number of carbonyl (C=O) groups excluding carboxylic acids is 1. The lowest BCUT2D eigenvalue weighted by Crippen LogP contribution is -2.27. The molecular weight excluding hydrogens is 368 g/mol. The lowest BCUT2D eigenvalue weighted by Gasteiger charge is -2.12. The summed E-state index contributed by atoms with van der Waals surface area (Å²) in [5.74, 6) is 0.442. The Morgan fingerprint density at radius 2 is 2.15 bits per heavy atom. The fraction of sp³-hybridized carbons (Fsp3) is 0.611. The number of pyridine rings is 1. The number of aromatic nitrogens is 3. The number of fused-ring (bicyclic) bond motifs is 1. The molecule has 4 rings (SSSR count).